The summed E-state index contributed by atoms with van der Waals surface area (Å²) >= 11 is 0. The smallest absolute Gasteiger partial charge is 0.191 e. The molecule has 0 saturated carbocycles. The molecule has 1 aromatic carbocycles. The Morgan fingerprint density at radius 3 is 2.92 bits per heavy atom. The van der Waals surface area contributed by atoms with E-state index in [-0.39, 0.29) is 24.0 Å². The summed E-state index contributed by atoms with van der Waals surface area (Å²) in [5.74, 6) is 2.72. The number of hydrogen-bond donors (Lipinski definition) is 2. The van der Waals surface area contributed by atoms with Crippen LogP contribution in [-0.4, -0.2) is 47.0 Å². The Bertz CT molecular complexity index is 703. The van der Waals surface area contributed by atoms with Crippen molar-refractivity contribution in [3.63, 3.8) is 0 Å². The van der Waals surface area contributed by atoms with Crippen molar-refractivity contribution in [1.82, 2.24) is 25.4 Å². The van der Waals surface area contributed by atoms with Crippen molar-refractivity contribution in [2.45, 2.75) is 39.0 Å². The van der Waals surface area contributed by atoms with Gasteiger partial charge in [0.25, 0.3) is 0 Å². The second kappa shape index (κ2) is 10.5. The molecule has 1 unspecified atom stereocenters. The molecule has 142 valence electrons. The van der Waals surface area contributed by atoms with E-state index >= 15 is 0 Å². The minimum atomic E-state index is 0. The average Bonchev–Trinajstić information content (AvgIpc) is 3.00. The number of aryl methyl sites for hydroxylation is 2. The summed E-state index contributed by atoms with van der Waals surface area (Å²) in [6, 6.07) is 10.5. The number of nitrogens with one attached hydrogen (secondary N) is 2. The Kier molecular flexibility index (Phi) is 8.30. The van der Waals surface area contributed by atoms with Gasteiger partial charge in [-0.05, 0) is 18.9 Å². The fourth-order valence-electron chi connectivity index (χ4n) is 2.95. The van der Waals surface area contributed by atoms with E-state index in [1.165, 1.54) is 5.56 Å². The van der Waals surface area contributed by atoms with Gasteiger partial charge in [-0.25, -0.2) is 9.67 Å². The molecule has 2 heterocycles. The van der Waals surface area contributed by atoms with Gasteiger partial charge in [0.1, 0.15) is 11.6 Å². The lowest BCUT2D eigenvalue weighted by molar-refractivity contribution is 0.125. The number of aromatic nitrogens is 3. The number of ether oxygens (including phenoxy) is 1. The highest BCUT2D eigenvalue weighted by Crippen LogP contribution is 2.12. The molecule has 8 heteroatoms. The van der Waals surface area contributed by atoms with Gasteiger partial charge < -0.3 is 15.4 Å². The molecule has 26 heavy (non-hydrogen) atoms. The third-order valence-electron chi connectivity index (χ3n) is 4.18. The number of rotatable bonds is 6. The van der Waals surface area contributed by atoms with E-state index in [1.54, 1.807) is 7.05 Å². The van der Waals surface area contributed by atoms with Crippen LogP contribution in [0.4, 0.5) is 0 Å². The number of nitrogens with zero attached hydrogens (tertiary/aromatic N) is 4. The van der Waals surface area contributed by atoms with E-state index < -0.39 is 0 Å². The Morgan fingerprint density at radius 1 is 1.35 bits per heavy atom. The molecule has 0 amide bonds. The molecule has 2 aromatic rings. The first-order valence-corrected chi connectivity index (χ1v) is 8.74. The van der Waals surface area contributed by atoms with E-state index in [9.17, 15) is 0 Å². The van der Waals surface area contributed by atoms with Crippen LogP contribution in [0.3, 0.4) is 0 Å². The van der Waals surface area contributed by atoms with E-state index in [0.717, 1.165) is 37.0 Å². The van der Waals surface area contributed by atoms with Crippen LogP contribution in [-0.2, 0) is 24.3 Å². The maximum absolute atomic E-state index is 5.69. The highest BCUT2D eigenvalue weighted by atomic mass is 127. The van der Waals surface area contributed by atoms with Crippen molar-refractivity contribution in [1.29, 1.82) is 0 Å². The Morgan fingerprint density at radius 2 is 2.15 bits per heavy atom. The van der Waals surface area contributed by atoms with Gasteiger partial charge >= 0.3 is 0 Å². The monoisotopic (exact) mass is 470 g/mol. The van der Waals surface area contributed by atoms with Crippen molar-refractivity contribution in [3.05, 3.63) is 47.5 Å². The summed E-state index contributed by atoms with van der Waals surface area (Å²) in [6.45, 7) is 4.73. The van der Waals surface area contributed by atoms with Crippen LogP contribution < -0.4 is 10.6 Å². The maximum Gasteiger partial charge on any atom is 0.191 e. The van der Waals surface area contributed by atoms with E-state index in [1.807, 2.05) is 29.8 Å². The molecule has 0 radical (unpaired) electrons. The molecular formula is C18H27IN6O. The zero-order valence-electron chi connectivity index (χ0n) is 15.3. The van der Waals surface area contributed by atoms with Crippen molar-refractivity contribution in [2.24, 2.45) is 4.99 Å². The van der Waals surface area contributed by atoms with Gasteiger partial charge in [-0.1, -0.05) is 30.3 Å². The van der Waals surface area contributed by atoms with E-state index in [2.05, 4.69) is 37.8 Å². The van der Waals surface area contributed by atoms with Crippen LogP contribution in [0.5, 0.6) is 0 Å². The van der Waals surface area contributed by atoms with Crippen molar-refractivity contribution in [2.75, 3.05) is 20.2 Å². The molecule has 1 aliphatic rings. The highest BCUT2D eigenvalue weighted by Gasteiger charge is 2.21. The molecule has 1 aliphatic heterocycles. The normalized spacial score (nSPS) is 16.5. The maximum atomic E-state index is 5.69. The lowest BCUT2D eigenvalue weighted by Crippen LogP contribution is -2.47. The molecule has 0 saturated heterocycles. The predicted octanol–water partition coefficient (Wildman–Crippen LogP) is 1.90. The third-order valence-corrected chi connectivity index (χ3v) is 4.18. The van der Waals surface area contributed by atoms with Gasteiger partial charge in [0.2, 0.25) is 0 Å². The summed E-state index contributed by atoms with van der Waals surface area (Å²) < 4.78 is 7.68. The minimum Gasteiger partial charge on any atom is -0.375 e. The summed E-state index contributed by atoms with van der Waals surface area (Å²) in [7, 11) is 1.79. The average molecular weight is 470 g/mol. The third kappa shape index (κ3) is 5.94. The van der Waals surface area contributed by atoms with Gasteiger partial charge in [-0.3, -0.25) is 4.99 Å². The predicted molar refractivity (Wildman–Crippen MR) is 113 cm³/mol. The van der Waals surface area contributed by atoms with Crippen LogP contribution in [0.25, 0.3) is 0 Å². The number of halogens is 1. The SMILES string of the molecule is CN=C(NCCOCc1ccccc1)NC1CCc2nc(C)nn2C1.I. The lowest BCUT2D eigenvalue weighted by atomic mass is 10.1. The molecule has 2 N–H and O–H groups in total. The standard InChI is InChI=1S/C18H26N6O.HI/c1-14-21-17-9-8-16(12-24(17)23-14)22-18(19-2)20-10-11-25-13-15-6-4-3-5-7-15;/h3-7,16H,8-13H2,1-2H3,(H2,19,20,22);1H. The molecule has 0 aliphatic carbocycles. The van der Waals surface area contributed by atoms with Gasteiger partial charge in [-0.15, -0.1) is 24.0 Å². The molecule has 0 spiro atoms. The summed E-state index contributed by atoms with van der Waals surface area (Å²) in [4.78, 5) is 8.73. The van der Waals surface area contributed by atoms with Crippen LogP contribution in [0.2, 0.25) is 0 Å². The summed E-state index contributed by atoms with van der Waals surface area (Å²) in [6.07, 6.45) is 1.97. The Balaban J connectivity index is 0.00000243. The second-order valence-corrected chi connectivity index (χ2v) is 6.17. The highest BCUT2D eigenvalue weighted by molar-refractivity contribution is 14.0. The number of guanidine groups is 1. The van der Waals surface area contributed by atoms with Crippen LogP contribution in [0.15, 0.2) is 35.3 Å². The number of fused-ring (bicyclic) bond motifs is 1. The van der Waals surface area contributed by atoms with Crippen molar-refractivity contribution < 1.29 is 4.74 Å². The van der Waals surface area contributed by atoms with Crippen molar-refractivity contribution >= 4 is 29.9 Å². The molecular weight excluding hydrogens is 443 g/mol. The first-order chi connectivity index (χ1) is 12.2. The van der Waals surface area contributed by atoms with Gasteiger partial charge in [0, 0.05) is 26.1 Å². The Hall–Kier alpha value is -1.68. The fourth-order valence-corrected chi connectivity index (χ4v) is 2.95. The zero-order valence-corrected chi connectivity index (χ0v) is 17.6. The number of benzene rings is 1. The topological polar surface area (TPSA) is 76.4 Å². The van der Waals surface area contributed by atoms with E-state index in [4.69, 9.17) is 4.74 Å². The summed E-state index contributed by atoms with van der Waals surface area (Å²) in [5, 5.41) is 11.2. The van der Waals surface area contributed by atoms with Crippen LogP contribution >= 0.6 is 24.0 Å². The van der Waals surface area contributed by atoms with Gasteiger partial charge in [-0.2, -0.15) is 5.10 Å². The molecule has 7 nitrogen and oxygen atoms in total. The largest absolute Gasteiger partial charge is 0.375 e. The minimum absolute atomic E-state index is 0. The quantitative estimate of drug-likeness (QED) is 0.292. The first-order valence-electron chi connectivity index (χ1n) is 8.74. The van der Waals surface area contributed by atoms with Crippen LogP contribution in [0, 0.1) is 6.92 Å². The molecule has 0 bridgehead atoms. The molecule has 0 fully saturated rings. The van der Waals surface area contributed by atoms with Gasteiger partial charge in [0.05, 0.1) is 19.8 Å². The first kappa shape index (κ1) is 20.6. The van der Waals surface area contributed by atoms with Crippen molar-refractivity contribution in [3.8, 4) is 0 Å². The van der Waals surface area contributed by atoms with E-state index in [0.29, 0.717) is 25.8 Å². The number of hydrogen-bond acceptors (Lipinski definition) is 4. The van der Waals surface area contributed by atoms with Crippen LogP contribution in [0.1, 0.15) is 23.6 Å². The molecule has 3 rings (SSSR count). The molecule has 1 atom stereocenters. The summed E-state index contributed by atoms with van der Waals surface area (Å²) in [5.41, 5.74) is 1.19. The zero-order chi connectivity index (χ0) is 17.5. The lowest BCUT2D eigenvalue weighted by Gasteiger charge is -2.25. The second-order valence-electron chi connectivity index (χ2n) is 6.17. The Labute approximate surface area is 171 Å². The van der Waals surface area contributed by atoms with Gasteiger partial charge in [0.15, 0.2) is 5.96 Å². The molecule has 1 aromatic heterocycles. The number of aliphatic imine (C=N–C) groups is 1. The fraction of sp³-hybridized carbons (Fsp3) is 0.500.